The molecular weight excluding hydrogens is 291 g/mol. The van der Waals surface area contributed by atoms with Crippen molar-refractivity contribution in [1.29, 1.82) is 0 Å². The Morgan fingerprint density at radius 3 is 2.86 bits per heavy atom. The van der Waals surface area contributed by atoms with Gasteiger partial charge in [-0.05, 0) is 24.3 Å². The van der Waals surface area contributed by atoms with Gasteiger partial charge in [0.2, 0.25) is 0 Å². The molecule has 0 radical (unpaired) electrons. The van der Waals surface area contributed by atoms with Crippen LogP contribution in [0.3, 0.4) is 0 Å². The van der Waals surface area contributed by atoms with Crippen LogP contribution in [0.1, 0.15) is 15.4 Å². The van der Waals surface area contributed by atoms with Crippen LogP contribution in [-0.2, 0) is 6.54 Å². The van der Waals surface area contributed by atoms with Crippen LogP contribution < -0.4 is 5.73 Å². The van der Waals surface area contributed by atoms with Crippen molar-refractivity contribution < 1.29 is 13.6 Å². The second kappa shape index (κ2) is 5.21. The van der Waals surface area contributed by atoms with Crippen LogP contribution in [-0.4, -0.2) is 17.9 Å². The number of nitrogen functional groups attached to an aromatic ring is 1. The third-order valence-electron chi connectivity index (χ3n) is 3.22. The lowest BCUT2D eigenvalue weighted by Gasteiger charge is -2.15. The number of amides is 1. The van der Waals surface area contributed by atoms with Crippen molar-refractivity contribution in [1.82, 2.24) is 4.90 Å². The third-order valence-corrected chi connectivity index (χ3v) is 4.37. The second-order valence-electron chi connectivity index (χ2n) is 4.70. The van der Waals surface area contributed by atoms with Crippen LogP contribution in [0.25, 0.3) is 10.1 Å². The Hall–Kier alpha value is -2.34. The van der Waals surface area contributed by atoms with Gasteiger partial charge in [-0.2, -0.15) is 0 Å². The molecule has 21 heavy (non-hydrogen) atoms. The van der Waals surface area contributed by atoms with Crippen molar-refractivity contribution in [2.75, 3.05) is 12.8 Å². The summed E-state index contributed by atoms with van der Waals surface area (Å²) in [5, 5.41) is 0.317. The first-order valence-electron chi connectivity index (χ1n) is 6.32. The van der Waals surface area contributed by atoms with E-state index in [0.29, 0.717) is 27.3 Å². The molecule has 0 aliphatic rings. The number of carbonyl (C=O) groups is 1. The smallest absolute Gasteiger partial charge is 0.266 e. The molecule has 3 rings (SSSR count). The van der Waals surface area contributed by atoms with Gasteiger partial charge < -0.3 is 15.1 Å². The molecule has 0 aliphatic heterocycles. The topological polar surface area (TPSA) is 59.5 Å². The first kappa shape index (κ1) is 13.6. The molecule has 2 N–H and O–H groups in total. The van der Waals surface area contributed by atoms with Gasteiger partial charge in [0.1, 0.15) is 16.5 Å². The van der Waals surface area contributed by atoms with Crippen molar-refractivity contribution >= 4 is 33.0 Å². The van der Waals surface area contributed by atoms with Gasteiger partial charge in [0.25, 0.3) is 5.91 Å². The molecule has 0 unspecified atom stereocenters. The molecule has 1 aromatic carbocycles. The monoisotopic (exact) mass is 304 g/mol. The quantitative estimate of drug-likeness (QED) is 0.806. The average molecular weight is 304 g/mol. The van der Waals surface area contributed by atoms with E-state index >= 15 is 0 Å². The number of rotatable bonds is 3. The Kier molecular flexibility index (Phi) is 3.39. The summed E-state index contributed by atoms with van der Waals surface area (Å²) in [6.45, 7) is 0.335. The molecule has 108 valence electrons. The van der Waals surface area contributed by atoms with E-state index in [2.05, 4.69) is 0 Å². The van der Waals surface area contributed by atoms with E-state index in [1.807, 2.05) is 0 Å². The Morgan fingerprint density at radius 1 is 1.38 bits per heavy atom. The van der Waals surface area contributed by atoms with Crippen LogP contribution in [0.4, 0.5) is 10.1 Å². The highest BCUT2D eigenvalue weighted by atomic mass is 32.1. The molecule has 6 heteroatoms. The van der Waals surface area contributed by atoms with Crippen LogP contribution in [0, 0.1) is 5.82 Å². The average Bonchev–Trinajstić information content (AvgIpc) is 3.07. The summed E-state index contributed by atoms with van der Waals surface area (Å²) in [5.74, 6) is 0.0233. The summed E-state index contributed by atoms with van der Waals surface area (Å²) in [7, 11) is 1.66. The third kappa shape index (κ3) is 2.38. The number of halogens is 1. The van der Waals surface area contributed by atoms with E-state index in [1.165, 1.54) is 22.3 Å². The molecule has 2 heterocycles. The number of hydrogen-bond acceptors (Lipinski definition) is 4. The lowest BCUT2D eigenvalue weighted by molar-refractivity contribution is 0.0781. The molecule has 4 nitrogen and oxygen atoms in total. The van der Waals surface area contributed by atoms with Gasteiger partial charge in [0.05, 0.1) is 23.9 Å². The first-order chi connectivity index (χ1) is 10.1. The number of nitrogens with two attached hydrogens (primary N) is 1. The normalized spacial score (nSPS) is 11.0. The molecule has 0 fully saturated rings. The predicted molar refractivity (Wildman–Crippen MR) is 80.7 cm³/mol. The number of hydrogen-bond donors (Lipinski definition) is 1. The van der Waals surface area contributed by atoms with Gasteiger partial charge in [0.15, 0.2) is 0 Å². The Morgan fingerprint density at radius 2 is 2.19 bits per heavy atom. The minimum Gasteiger partial charge on any atom is -0.467 e. The molecule has 0 atom stereocenters. The number of carbonyl (C=O) groups excluding carboxylic acids is 1. The van der Waals surface area contributed by atoms with Crippen LogP contribution >= 0.6 is 11.3 Å². The van der Waals surface area contributed by atoms with E-state index in [1.54, 1.807) is 37.6 Å². The maximum absolute atomic E-state index is 13.8. The number of benzene rings is 1. The molecule has 2 aromatic heterocycles. The largest absolute Gasteiger partial charge is 0.467 e. The van der Waals surface area contributed by atoms with Gasteiger partial charge in [-0.3, -0.25) is 4.79 Å². The SMILES string of the molecule is CN(Cc1ccco1)C(=O)c1sc2cccc(F)c2c1N. The fraction of sp³-hybridized carbons (Fsp3) is 0.133. The number of nitrogens with zero attached hydrogens (tertiary/aromatic N) is 1. The molecule has 1 amide bonds. The standard InChI is InChI=1S/C15H13FN2O2S/c1-18(8-9-4-3-7-20-9)15(19)14-13(17)12-10(16)5-2-6-11(12)21-14/h2-7H,8,17H2,1H3. The van der Waals surface area contributed by atoms with Gasteiger partial charge in [-0.25, -0.2) is 4.39 Å². The highest BCUT2D eigenvalue weighted by Gasteiger charge is 2.21. The van der Waals surface area contributed by atoms with Gasteiger partial charge in [-0.1, -0.05) is 6.07 Å². The molecule has 0 aliphatic carbocycles. The van der Waals surface area contributed by atoms with E-state index in [-0.39, 0.29) is 11.6 Å². The van der Waals surface area contributed by atoms with E-state index < -0.39 is 5.82 Å². The lowest BCUT2D eigenvalue weighted by Crippen LogP contribution is -2.25. The number of fused-ring (bicyclic) bond motifs is 1. The maximum atomic E-state index is 13.8. The zero-order valence-corrected chi connectivity index (χ0v) is 12.1. The zero-order chi connectivity index (χ0) is 15.0. The summed E-state index contributed by atoms with van der Waals surface area (Å²) < 4.78 is 19.7. The molecule has 0 saturated heterocycles. The fourth-order valence-electron chi connectivity index (χ4n) is 2.17. The maximum Gasteiger partial charge on any atom is 0.266 e. The van der Waals surface area contributed by atoms with E-state index in [0.717, 1.165) is 0 Å². The van der Waals surface area contributed by atoms with Gasteiger partial charge >= 0.3 is 0 Å². The molecule has 0 spiro atoms. The van der Waals surface area contributed by atoms with E-state index in [9.17, 15) is 9.18 Å². The summed E-state index contributed by atoms with van der Waals surface area (Å²) in [4.78, 5) is 14.3. The molecule has 3 aromatic rings. The van der Waals surface area contributed by atoms with Crippen molar-refractivity contribution in [2.24, 2.45) is 0 Å². The second-order valence-corrected chi connectivity index (χ2v) is 5.75. The number of anilines is 1. The van der Waals surface area contributed by atoms with Crippen LogP contribution in [0.5, 0.6) is 0 Å². The number of furan rings is 1. The minimum atomic E-state index is -0.408. The highest BCUT2D eigenvalue weighted by Crippen LogP contribution is 2.36. The van der Waals surface area contributed by atoms with Crippen molar-refractivity contribution in [3.05, 3.63) is 53.0 Å². The predicted octanol–water partition coefficient (Wildman–Crippen LogP) is 3.49. The van der Waals surface area contributed by atoms with Crippen molar-refractivity contribution in [2.45, 2.75) is 6.54 Å². The van der Waals surface area contributed by atoms with Crippen molar-refractivity contribution in [3.63, 3.8) is 0 Å². The first-order valence-corrected chi connectivity index (χ1v) is 7.14. The number of thiophene rings is 1. The van der Waals surface area contributed by atoms with Gasteiger partial charge in [0, 0.05) is 11.7 Å². The van der Waals surface area contributed by atoms with E-state index in [4.69, 9.17) is 10.2 Å². The van der Waals surface area contributed by atoms with Crippen molar-refractivity contribution in [3.8, 4) is 0 Å². The summed E-state index contributed by atoms with van der Waals surface area (Å²) in [6, 6.07) is 8.25. The lowest BCUT2D eigenvalue weighted by atomic mass is 10.2. The zero-order valence-electron chi connectivity index (χ0n) is 11.3. The van der Waals surface area contributed by atoms with Crippen LogP contribution in [0.2, 0.25) is 0 Å². The fourth-order valence-corrected chi connectivity index (χ4v) is 3.30. The van der Waals surface area contributed by atoms with Gasteiger partial charge in [-0.15, -0.1) is 11.3 Å². The molecule has 0 bridgehead atoms. The molecular formula is C15H13FN2O2S. The summed E-state index contributed by atoms with van der Waals surface area (Å²) in [5.41, 5.74) is 6.15. The summed E-state index contributed by atoms with van der Waals surface area (Å²) in [6.07, 6.45) is 1.55. The Labute approximate surface area is 124 Å². The summed E-state index contributed by atoms with van der Waals surface area (Å²) >= 11 is 1.20. The Balaban J connectivity index is 1.94. The van der Waals surface area contributed by atoms with Crippen LogP contribution in [0.15, 0.2) is 41.0 Å². The minimum absolute atomic E-state index is 0.199. The highest BCUT2D eigenvalue weighted by molar-refractivity contribution is 7.21. The Bertz CT molecular complexity index is 795. The molecule has 0 saturated carbocycles.